The fourth-order valence-corrected chi connectivity index (χ4v) is 2.88. The average molecular weight is 387 g/mol. The zero-order valence-electron chi connectivity index (χ0n) is 16.3. The van der Waals surface area contributed by atoms with E-state index in [0.717, 1.165) is 11.1 Å². The van der Waals surface area contributed by atoms with E-state index in [2.05, 4.69) is 6.07 Å². The van der Waals surface area contributed by atoms with Gasteiger partial charge in [-0.3, -0.25) is 0 Å². The smallest absolute Gasteiger partial charge is 0.351 e. The van der Waals surface area contributed by atoms with Gasteiger partial charge in [-0.15, -0.1) is 0 Å². The highest BCUT2D eigenvalue weighted by atomic mass is 16.6. The van der Waals surface area contributed by atoms with E-state index in [0.29, 0.717) is 23.5 Å². The molecule has 0 radical (unpaired) electrons. The molecule has 3 aromatic rings. The number of hydrogen-bond donors (Lipinski definition) is 0. The van der Waals surface area contributed by atoms with Crippen molar-refractivity contribution in [1.82, 2.24) is 0 Å². The van der Waals surface area contributed by atoms with E-state index in [-0.39, 0.29) is 5.75 Å². The summed E-state index contributed by atoms with van der Waals surface area (Å²) in [5.74, 6) is 0.256. The Morgan fingerprint density at radius 2 is 1.76 bits per heavy atom. The van der Waals surface area contributed by atoms with Crippen LogP contribution in [0.15, 0.2) is 72.8 Å². The van der Waals surface area contributed by atoms with Crippen LogP contribution in [0.4, 0.5) is 0 Å². The molecule has 0 bridgehead atoms. The Labute approximate surface area is 170 Å². The first-order valence-corrected chi connectivity index (χ1v) is 9.13. The molecule has 3 aromatic carbocycles. The summed E-state index contributed by atoms with van der Waals surface area (Å²) in [6.07, 6.45) is -0.988. The molecule has 146 valence electrons. The summed E-state index contributed by atoms with van der Waals surface area (Å²) in [6, 6.07) is 24.2. The zero-order valence-corrected chi connectivity index (χ0v) is 16.3. The molecule has 0 aliphatic carbocycles. The summed E-state index contributed by atoms with van der Waals surface area (Å²) in [5.41, 5.74) is 2.89. The van der Waals surface area contributed by atoms with Gasteiger partial charge in [0.15, 0.2) is 0 Å². The number of benzene rings is 3. The van der Waals surface area contributed by atoms with Gasteiger partial charge >= 0.3 is 5.97 Å². The van der Waals surface area contributed by atoms with Gasteiger partial charge in [0.1, 0.15) is 24.2 Å². The molecule has 0 saturated heterocycles. The van der Waals surface area contributed by atoms with Crippen molar-refractivity contribution in [2.45, 2.75) is 19.6 Å². The maximum Gasteiger partial charge on any atom is 0.351 e. The standard InChI is InChI=1S/C24H21NO4/c1-17-8-6-7-11-21(17)23(24(26)27-2)29-22-14-20(13-12-19(22)15-25)28-16-18-9-4-3-5-10-18/h3-14,23H,16H2,1-2H3. The van der Waals surface area contributed by atoms with Crippen molar-refractivity contribution >= 4 is 5.97 Å². The van der Waals surface area contributed by atoms with E-state index >= 15 is 0 Å². The van der Waals surface area contributed by atoms with Crippen molar-refractivity contribution in [2.24, 2.45) is 0 Å². The molecule has 0 amide bonds. The van der Waals surface area contributed by atoms with Gasteiger partial charge in [0, 0.05) is 11.6 Å². The van der Waals surface area contributed by atoms with Crippen LogP contribution in [-0.2, 0) is 16.1 Å². The third-order valence-electron chi connectivity index (χ3n) is 4.45. The summed E-state index contributed by atoms with van der Waals surface area (Å²) in [7, 11) is 1.31. The largest absolute Gasteiger partial charge is 0.489 e. The van der Waals surface area contributed by atoms with Gasteiger partial charge in [0.2, 0.25) is 6.10 Å². The Kier molecular flexibility index (Phi) is 6.49. The predicted molar refractivity (Wildman–Crippen MR) is 108 cm³/mol. The van der Waals surface area contributed by atoms with E-state index in [4.69, 9.17) is 14.2 Å². The number of carbonyl (C=O) groups is 1. The van der Waals surface area contributed by atoms with Crippen LogP contribution in [0.2, 0.25) is 0 Å². The number of rotatable bonds is 7. The minimum absolute atomic E-state index is 0.261. The summed E-state index contributed by atoms with van der Waals surface area (Å²) >= 11 is 0. The second-order valence-electron chi connectivity index (χ2n) is 6.42. The molecule has 0 N–H and O–H groups in total. The van der Waals surface area contributed by atoms with E-state index in [1.54, 1.807) is 24.3 Å². The lowest BCUT2D eigenvalue weighted by molar-refractivity contribution is -0.149. The molecule has 29 heavy (non-hydrogen) atoms. The molecule has 0 heterocycles. The topological polar surface area (TPSA) is 68.6 Å². The van der Waals surface area contributed by atoms with Gasteiger partial charge in [0.05, 0.1) is 12.7 Å². The SMILES string of the molecule is COC(=O)C(Oc1cc(OCc2ccccc2)ccc1C#N)c1ccccc1C. The third kappa shape index (κ3) is 4.94. The van der Waals surface area contributed by atoms with Crippen molar-refractivity contribution in [3.05, 3.63) is 95.1 Å². The van der Waals surface area contributed by atoms with Crippen LogP contribution < -0.4 is 9.47 Å². The van der Waals surface area contributed by atoms with Crippen molar-refractivity contribution in [3.63, 3.8) is 0 Å². The molecule has 0 saturated carbocycles. The number of hydrogen-bond acceptors (Lipinski definition) is 5. The summed E-state index contributed by atoms with van der Waals surface area (Å²) in [4.78, 5) is 12.4. The molecule has 5 heteroatoms. The molecule has 0 fully saturated rings. The van der Waals surface area contributed by atoms with Crippen LogP contribution in [0, 0.1) is 18.3 Å². The van der Waals surface area contributed by atoms with Crippen LogP contribution >= 0.6 is 0 Å². The minimum atomic E-state index is -0.988. The summed E-state index contributed by atoms with van der Waals surface area (Å²) < 4.78 is 16.7. The highest BCUT2D eigenvalue weighted by molar-refractivity contribution is 5.77. The molecule has 0 aromatic heterocycles. The molecule has 5 nitrogen and oxygen atoms in total. The van der Waals surface area contributed by atoms with Crippen LogP contribution in [0.1, 0.15) is 28.4 Å². The number of aryl methyl sites for hydroxylation is 1. The maximum atomic E-state index is 12.4. The Morgan fingerprint density at radius 1 is 1.03 bits per heavy atom. The lowest BCUT2D eigenvalue weighted by Crippen LogP contribution is -2.21. The van der Waals surface area contributed by atoms with Crippen LogP contribution in [0.3, 0.4) is 0 Å². The van der Waals surface area contributed by atoms with Gasteiger partial charge in [-0.25, -0.2) is 4.79 Å². The van der Waals surface area contributed by atoms with Gasteiger partial charge in [-0.2, -0.15) is 5.26 Å². The second-order valence-corrected chi connectivity index (χ2v) is 6.42. The van der Waals surface area contributed by atoms with Crippen molar-refractivity contribution in [3.8, 4) is 17.6 Å². The molecular weight excluding hydrogens is 366 g/mol. The number of carbonyl (C=O) groups excluding carboxylic acids is 1. The monoisotopic (exact) mass is 387 g/mol. The fourth-order valence-electron chi connectivity index (χ4n) is 2.88. The molecule has 0 spiro atoms. The minimum Gasteiger partial charge on any atom is -0.489 e. The summed E-state index contributed by atoms with van der Waals surface area (Å²) in [5, 5.41) is 9.46. The van der Waals surface area contributed by atoms with Gasteiger partial charge in [-0.1, -0.05) is 54.6 Å². The van der Waals surface area contributed by atoms with E-state index in [1.807, 2.05) is 55.5 Å². The van der Waals surface area contributed by atoms with Gasteiger partial charge < -0.3 is 14.2 Å². The number of nitrogens with zero attached hydrogens (tertiary/aromatic N) is 1. The first-order valence-electron chi connectivity index (χ1n) is 9.13. The van der Waals surface area contributed by atoms with Crippen LogP contribution in [0.5, 0.6) is 11.5 Å². The van der Waals surface area contributed by atoms with Gasteiger partial charge in [0.25, 0.3) is 0 Å². The summed E-state index contributed by atoms with van der Waals surface area (Å²) in [6.45, 7) is 2.27. The highest BCUT2D eigenvalue weighted by Crippen LogP contribution is 2.31. The number of methoxy groups -OCH3 is 1. The zero-order chi connectivity index (χ0) is 20.6. The third-order valence-corrected chi connectivity index (χ3v) is 4.45. The van der Waals surface area contributed by atoms with E-state index in [9.17, 15) is 10.1 Å². The lowest BCUT2D eigenvalue weighted by atomic mass is 10.0. The Hall–Kier alpha value is -3.78. The molecule has 0 aliphatic heterocycles. The average Bonchev–Trinajstić information content (AvgIpc) is 2.77. The van der Waals surface area contributed by atoms with Crippen molar-refractivity contribution in [2.75, 3.05) is 7.11 Å². The molecule has 3 rings (SSSR count). The molecular formula is C24H21NO4. The van der Waals surface area contributed by atoms with Crippen molar-refractivity contribution < 1.29 is 19.0 Å². The maximum absolute atomic E-state index is 12.4. The Balaban J connectivity index is 1.88. The Morgan fingerprint density at radius 3 is 2.45 bits per heavy atom. The first-order chi connectivity index (χ1) is 14.1. The quantitative estimate of drug-likeness (QED) is 0.548. The van der Waals surface area contributed by atoms with Gasteiger partial charge in [-0.05, 0) is 30.2 Å². The lowest BCUT2D eigenvalue weighted by Gasteiger charge is -2.20. The molecule has 1 unspecified atom stereocenters. The Bertz CT molecular complexity index is 1020. The predicted octanol–water partition coefficient (Wildman–Crippen LogP) is 4.74. The van der Waals surface area contributed by atoms with E-state index < -0.39 is 12.1 Å². The number of esters is 1. The molecule has 1 atom stereocenters. The fraction of sp³-hybridized carbons (Fsp3) is 0.167. The second kappa shape index (κ2) is 9.43. The van der Waals surface area contributed by atoms with Crippen LogP contribution in [-0.4, -0.2) is 13.1 Å². The van der Waals surface area contributed by atoms with Crippen molar-refractivity contribution in [1.29, 1.82) is 5.26 Å². The first kappa shape index (κ1) is 20.0. The molecule has 0 aliphatic rings. The van der Waals surface area contributed by atoms with Crippen LogP contribution in [0.25, 0.3) is 0 Å². The number of nitriles is 1. The normalized spacial score (nSPS) is 11.2. The highest BCUT2D eigenvalue weighted by Gasteiger charge is 2.26. The number of ether oxygens (including phenoxy) is 3. The van der Waals surface area contributed by atoms with E-state index in [1.165, 1.54) is 7.11 Å².